The highest BCUT2D eigenvalue weighted by atomic mass is 31.2. The van der Waals surface area contributed by atoms with Gasteiger partial charge >= 0.3 is 14.7 Å². The SMILES string of the molecule is CCOP(=O)(OCC)c1cc(F)c(B2OC(C)(C)C(C)(C)O2)cc1F. The van der Waals surface area contributed by atoms with Crippen LogP contribution in [0.4, 0.5) is 8.78 Å². The van der Waals surface area contributed by atoms with Gasteiger partial charge in [-0.15, -0.1) is 0 Å². The second-order valence-corrected chi connectivity index (χ2v) is 8.74. The van der Waals surface area contributed by atoms with Crippen molar-refractivity contribution in [3.05, 3.63) is 23.8 Å². The standard InChI is InChI=1S/C16H24BF2O5P/c1-7-21-25(20,22-8-2)14-10-12(18)11(9-13(14)19)17-23-15(3,4)16(5,6)24-17/h9-10H,7-8H2,1-6H3. The topological polar surface area (TPSA) is 54.0 Å². The fourth-order valence-electron chi connectivity index (χ4n) is 2.43. The van der Waals surface area contributed by atoms with Gasteiger partial charge in [-0.25, -0.2) is 8.78 Å². The third-order valence-corrected chi connectivity index (χ3v) is 6.60. The summed E-state index contributed by atoms with van der Waals surface area (Å²) in [5.74, 6) is -1.69. The second kappa shape index (κ2) is 7.08. The Balaban J connectivity index is 2.43. The predicted octanol–water partition coefficient (Wildman–Crippen LogP) is 3.16. The fourth-order valence-corrected chi connectivity index (χ4v) is 4.06. The minimum absolute atomic E-state index is 0.0390. The number of benzene rings is 1. The van der Waals surface area contributed by atoms with Crippen LogP contribution in [-0.2, 0) is 22.9 Å². The molecule has 2 rings (SSSR count). The summed E-state index contributed by atoms with van der Waals surface area (Å²) in [6.45, 7) is 10.5. The Hall–Kier alpha value is -0.785. The van der Waals surface area contributed by atoms with Gasteiger partial charge in [0.05, 0.1) is 24.4 Å². The van der Waals surface area contributed by atoms with Crippen molar-refractivity contribution in [2.24, 2.45) is 0 Å². The third kappa shape index (κ3) is 3.83. The van der Waals surface area contributed by atoms with Crippen LogP contribution in [0.15, 0.2) is 12.1 Å². The maximum Gasteiger partial charge on any atom is 0.497 e. The predicted molar refractivity (Wildman–Crippen MR) is 92.6 cm³/mol. The van der Waals surface area contributed by atoms with E-state index >= 15 is 0 Å². The molecular formula is C16H24BF2O5P. The Bertz CT molecular complexity index is 669. The summed E-state index contributed by atoms with van der Waals surface area (Å²) in [6.07, 6.45) is 0. The van der Waals surface area contributed by atoms with E-state index in [4.69, 9.17) is 18.4 Å². The quantitative estimate of drug-likeness (QED) is 0.564. The normalized spacial score (nSPS) is 19.4. The largest absolute Gasteiger partial charge is 0.497 e. The van der Waals surface area contributed by atoms with Crippen molar-refractivity contribution in [3.8, 4) is 0 Å². The van der Waals surface area contributed by atoms with Crippen LogP contribution in [-0.4, -0.2) is 31.5 Å². The molecule has 0 N–H and O–H groups in total. The number of rotatable bonds is 6. The molecule has 5 nitrogen and oxygen atoms in total. The molecule has 1 aliphatic rings. The van der Waals surface area contributed by atoms with E-state index in [9.17, 15) is 13.3 Å². The molecule has 25 heavy (non-hydrogen) atoms. The van der Waals surface area contributed by atoms with Crippen molar-refractivity contribution >= 4 is 25.5 Å². The van der Waals surface area contributed by atoms with Crippen LogP contribution in [0.1, 0.15) is 41.5 Å². The van der Waals surface area contributed by atoms with E-state index in [-0.39, 0.29) is 18.7 Å². The number of hydrogen-bond acceptors (Lipinski definition) is 5. The van der Waals surface area contributed by atoms with E-state index in [0.717, 1.165) is 12.1 Å². The lowest BCUT2D eigenvalue weighted by Gasteiger charge is -2.32. The van der Waals surface area contributed by atoms with Gasteiger partial charge in [0.1, 0.15) is 16.9 Å². The zero-order valence-electron chi connectivity index (χ0n) is 15.4. The molecule has 1 heterocycles. The maximum atomic E-state index is 14.6. The molecule has 1 saturated heterocycles. The molecule has 1 aromatic carbocycles. The van der Waals surface area contributed by atoms with Crippen LogP contribution < -0.4 is 10.8 Å². The highest BCUT2D eigenvalue weighted by Crippen LogP contribution is 2.47. The van der Waals surface area contributed by atoms with E-state index in [1.807, 2.05) is 27.7 Å². The summed E-state index contributed by atoms with van der Waals surface area (Å²) in [4.78, 5) is 0. The van der Waals surface area contributed by atoms with Crippen molar-refractivity contribution in [2.45, 2.75) is 52.7 Å². The monoisotopic (exact) mass is 376 g/mol. The zero-order valence-corrected chi connectivity index (χ0v) is 16.3. The summed E-state index contributed by atoms with van der Waals surface area (Å²) in [5.41, 5.74) is -1.48. The first-order valence-electron chi connectivity index (χ1n) is 8.21. The zero-order chi connectivity index (χ0) is 19.0. The Morgan fingerprint density at radius 2 is 1.48 bits per heavy atom. The molecular weight excluding hydrogens is 352 g/mol. The molecule has 0 saturated carbocycles. The molecule has 140 valence electrons. The molecule has 0 unspecified atom stereocenters. The molecule has 9 heteroatoms. The molecule has 0 bridgehead atoms. The van der Waals surface area contributed by atoms with Crippen LogP contribution in [0.2, 0.25) is 0 Å². The Morgan fingerprint density at radius 1 is 1.00 bits per heavy atom. The molecule has 1 fully saturated rings. The lowest BCUT2D eigenvalue weighted by Crippen LogP contribution is -2.41. The second-order valence-electron chi connectivity index (χ2n) is 6.75. The van der Waals surface area contributed by atoms with Crippen LogP contribution in [0.25, 0.3) is 0 Å². The molecule has 0 atom stereocenters. The average Bonchev–Trinajstić information content (AvgIpc) is 2.69. The molecule has 1 aromatic rings. The van der Waals surface area contributed by atoms with Gasteiger partial charge in [-0.3, -0.25) is 4.57 Å². The van der Waals surface area contributed by atoms with E-state index in [1.54, 1.807) is 13.8 Å². The molecule has 1 aliphatic heterocycles. The summed E-state index contributed by atoms with van der Waals surface area (Å²) in [6, 6.07) is 1.76. The van der Waals surface area contributed by atoms with Crippen LogP contribution in [0, 0.1) is 11.6 Å². The minimum atomic E-state index is -3.94. The van der Waals surface area contributed by atoms with E-state index in [0.29, 0.717) is 0 Å². The van der Waals surface area contributed by atoms with E-state index < -0.39 is 42.9 Å². The average molecular weight is 376 g/mol. The van der Waals surface area contributed by atoms with Crippen molar-refractivity contribution in [3.63, 3.8) is 0 Å². The van der Waals surface area contributed by atoms with Gasteiger partial charge in [0.2, 0.25) is 0 Å². The number of hydrogen-bond donors (Lipinski definition) is 0. The first-order valence-corrected chi connectivity index (χ1v) is 9.76. The van der Waals surface area contributed by atoms with Crippen molar-refractivity contribution in [1.29, 1.82) is 0 Å². The molecule has 0 radical (unpaired) electrons. The van der Waals surface area contributed by atoms with Gasteiger partial charge in [0, 0.05) is 5.46 Å². The van der Waals surface area contributed by atoms with Crippen molar-refractivity contribution < 1.29 is 31.7 Å². The molecule has 0 spiro atoms. The Morgan fingerprint density at radius 3 is 1.92 bits per heavy atom. The lowest BCUT2D eigenvalue weighted by atomic mass is 9.78. The number of halogens is 2. The first kappa shape index (κ1) is 20.5. The van der Waals surface area contributed by atoms with Gasteiger partial charge in [-0.2, -0.15) is 0 Å². The smallest absolute Gasteiger partial charge is 0.399 e. The molecule has 0 amide bonds. The fraction of sp³-hybridized carbons (Fsp3) is 0.625. The Labute approximate surface area is 147 Å². The summed E-state index contributed by atoms with van der Waals surface area (Å²) >= 11 is 0. The van der Waals surface area contributed by atoms with Crippen LogP contribution in [0.5, 0.6) is 0 Å². The van der Waals surface area contributed by atoms with Crippen molar-refractivity contribution in [2.75, 3.05) is 13.2 Å². The van der Waals surface area contributed by atoms with Gasteiger partial charge in [0.25, 0.3) is 0 Å². The van der Waals surface area contributed by atoms with E-state index in [2.05, 4.69) is 0 Å². The van der Waals surface area contributed by atoms with Crippen LogP contribution >= 0.6 is 7.60 Å². The van der Waals surface area contributed by atoms with Gasteiger partial charge in [-0.05, 0) is 53.7 Å². The van der Waals surface area contributed by atoms with Crippen molar-refractivity contribution in [1.82, 2.24) is 0 Å². The molecule has 0 aromatic heterocycles. The summed E-state index contributed by atoms with van der Waals surface area (Å²) in [5, 5.41) is -0.436. The first-order chi connectivity index (χ1) is 11.5. The minimum Gasteiger partial charge on any atom is -0.399 e. The van der Waals surface area contributed by atoms with Gasteiger partial charge in [0.15, 0.2) is 0 Å². The maximum absolute atomic E-state index is 14.6. The van der Waals surface area contributed by atoms with Gasteiger partial charge < -0.3 is 18.4 Å². The van der Waals surface area contributed by atoms with Gasteiger partial charge in [-0.1, -0.05) is 0 Å². The molecule has 0 aliphatic carbocycles. The highest BCUT2D eigenvalue weighted by Gasteiger charge is 2.52. The lowest BCUT2D eigenvalue weighted by molar-refractivity contribution is 0.00578. The van der Waals surface area contributed by atoms with Crippen LogP contribution in [0.3, 0.4) is 0 Å². The Kier molecular flexibility index (Phi) is 5.82. The summed E-state index contributed by atoms with van der Waals surface area (Å²) < 4.78 is 63.6. The van der Waals surface area contributed by atoms with E-state index in [1.165, 1.54) is 0 Å². The summed E-state index contributed by atoms with van der Waals surface area (Å²) in [7, 11) is -5.00. The third-order valence-electron chi connectivity index (χ3n) is 4.47. The highest BCUT2D eigenvalue weighted by molar-refractivity contribution is 7.62.